The molecule has 4 rings (SSSR count). The molecule has 300 valence electrons. The molecule has 1 amide bonds. The molecule has 3 aliphatic rings. The fourth-order valence-electron chi connectivity index (χ4n) is 5.81. The first-order valence-electron chi connectivity index (χ1n) is 16.1. The summed E-state index contributed by atoms with van der Waals surface area (Å²) in [5.41, 5.74) is 0.0848. The second kappa shape index (κ2) is 18.5. The largest absolute Gasteiger partial charge is 0.477 e. The minimum Gasteiger partial charge on any atom is -0.477 e. The number of aliphatic hydroxyl groups excluding tert-OH is 11. The number of nitrogens with zero attached hydrogens (tertiary/aromatic N) is 3. The molecule has 4 heterocycles. The van der Waals surface area contributed by atoms with E-state index >= 15 is 0 Å². The lowest BCUT2D eigenvalue weighted by molar-refractivity contribution is -0.337. The molecule has 0 aromatic carbocycles. The third kappa shape index (κ3) is 9.80. The number of carboxylic acids is 1. The molecule has 24 heteroatoms. The molecule has 1 aromatic rings. The second-order valence-corrected chi connectivity index (χ2v) is 12.5. The van der Waals surface area contributed by atoms with Crippen LogP contribution in [0.15, 0.2) is 6.20 Å². The number of ether oxygens (including phenoxy) is 6. The molecule has 16 atom stereocenters. The zero-order valence-corrected chi connectivity index (χ0v) is 27.7. The first kappa shape index (κ1) is 42.7. The first-order valence-corrected chi connectivity index (χ1v) is 16.1. The van der Waals surface area contributed by atoms with Gasteiger partial charge in [-0.25, -0.2) is 9.48 Å². The van der Waals surface area contributed by atoms with Crippen molar-refractivity contribution in [3.05, 3.63) is 11.9 Å². The van der Waals surface area contributed by atoms with E-state index in [-0.39, 0.29) is 18.9 Å². The summed E-state index contributed by atoms with van der Waals surface area (Å²) in [6.45, 7) is -3.98. The number of carbonyl (C=O) groups excluding carboxylic acids is 1. The van der Waals surface area contributed by atoms with Gasteiger partial charge in [0, 0.05) is 6.42 Å². The van der Waals surface area contributed by atoms with Crippen LogP contribution in [0.3, 0.4) is 0 Å². The lowest BCUT2D eigenvalue weighted by Gasteiger charge is -2.47. The van der Waals surface area contributed by atoms with E-state index < -0.39 is 142 Å². The number of rotatable bonds is 16. The highest BCUT2D eigenvalue weighted by atomic mass is 16.7. The summed E-state index contributed by atoms with van der Waals surface area (Å²) in [6, 6.07) is -1.65. The molecule has 3 saturated heterocycles. The highest BCUT2D eigenvalue weighted by Crippen LogP contribution is 2.35. The molecule has 3 aliphatic heterocycles. The molecule has 53 heavy (non-hydrogen) atoms. The summed E-state index contributed by atoms with van der Waals surface area (Å²) in [7, 11) is 0. The Balaban J connectivity index is 1.43. The highest BCUT2D eigenvalue weighted by Gasteiger charge is 2.57. The number of carboxylic acid groups (broad SMARTS) is 1. The van der Waals surface area contributed by atoms with Gasteiger partial charge in [-0.2, -0.15) is 0 Å². The van der Waals surface area contributed by atoms with E-state index in [2.05, 4.69) is 21.5 Å². The molecule has 0 radical (unpaired) electrons. The van der Waals surface area contributed by atoms with Crippen LogP contribution < -0.4 is 5.32 Å². The van der Waals surface area contributed by atoms with Crippen molar-refractivity contribution in [2.75, 3.05) is 26.4 Å². The minimum absolute atomic E-state index is 0.0848. The maximum absolute atomic E-state index is 13.1. The Kier molecular flexibility index (Phi) is 14.9. The van der Waals surface area contributed by atoms with Crippen molar-refractivity contribution in [1.82, 2.24) is 20.3 Å². The number of nitrogens with one attached hydrogen (secondary N) is 1. The van der Waals surface area contributed by atoms with Crippen molar-refractivity contribution in [2.24, 2.45) is 0 Å². The van der Waals surface area contributed by atoms with Gasteiger partial charge >= 0.3 is 5.97 Å². The number of hydrogen-bond donors (Lipinski definition) is 13. The van der Waals surface area contributed by atoms with Crippen molar-refractivity contribution >= 4 is 11.9 Å². The number of terminal acetylenes is 1. The number of aliphatic hydroxyl groups is 11. The third-order valence-corrected chi connectivity index (χ3v) is 8.76. The molecular formula is C29H44N4O20. The van der Waals surface area contributed by atoms with E-state index in [1.807, 2.05) is 0 Å². The number of hydrogen-bond acceptors (Lipinski definition) is 21. The average molecular weight is 769 g/mol. The van der Waals surface area contributed by atoms with Gasteiger partial charge in [0.25, 0.3) is 5.79 Å². The standard InChI is InChI=1S/C29H44N4O20/c1-2-3-48-26-23(44)22(43)20(41)15(52-26)10-50-29(28(46)47)4-12(36)17(25(53-29)18(39)13(37)7-34)30-16(38)6-33-5-11(31-32-33)9-49-27-24(45)21(42)19(40)14(8-35)51-27/h1,5,12-15,17-27,34-37,39-45H,3-4,6-10H2,(H,30,38)(H,46,47)/t12-,13+,14+,15+,17+,18+,19-,20-,21-,22-,23+,24+,25+,26+,27+,29+/m0/s1. The minimum atomic E-state index is -2.84. The zero-order chi connectivity index (χ0) is 39.2. The van der Waals surface area contributed by atoms with Gasteiger partial charge in [-0.3, -0.25) is 4.79 Å². The molecule has 0 saturated carbocycles. The van der Waals surface area contributed by atoms with Crippen LogP contribution in [0.5, 0.6) is 0 Å². The van der Waals surface area contributed by atoms with Crippen LogP contribution in [0.4, 0.5) is 0 Å². The molecule has 0 bridgehead atoms. The fraction of sp³-hybridized carbons (Fsp3) is 0.793. The summed E-state index contributed by atoms with van der Waals surface area (Å²) in [6.07, 6.45) is -18.8. The van der Waals surface area contributed by atoms with E-state index in [1.165, 1.54) is 6.20 Å². The summed E-state index contributed by atoms with van der Waals surface area (Å²) in [4.78, 5) is 25.6. The van der Waals surface area contributed by atoms with Crippen molar-refractivity contribution in [2.45, 2.75) is 117 Å². The van der Waals surface area contributed by atoms with Gasteiger partial charge in [-0.1, -0.05) is 11.1 Å². The first-order chi connectivity index (χ1) is 25.1. The monoisotopic (exact) mass is 768 g/mol. The van der Waals surface area contributed by atoms with Crippen molar-refractivity contribution in [3.8, 4) is 12.3 Å². The van der Waals surface area contributed by atoms with E-state index in [0.717, 1.165) is 4.68 Å². The Morgan fingerprint density at radius 1 is 0.981 bits per heavy atom. The zero-order valence-electron chi connectivity index (χ0n) is 27.7. The van der Waals surface area contributed by atoms with Gasteiger partial charge in [0.1, 0.15) is 86.0 Å². The number of aliphatic carboxylic acids is 1. The van der Waals surface area contributed by atoms with Gasteiger partial charge in [-0.05, 0) is 0 Å². The van der Waals surface area contributed by atoms with Gasteiger partial charge < -0.3 is 95.0 Å². The third-order valence-electron chi connectivity index (χ3n) is 8.76. The SMILES string of the molecule is C#CCO[C@@H]1O[C@H](CO[C@]2(C(=O)O)C[C@H](O)[C@@H](NC(=O)Cn3cc(CO[C@@H]4O[C@H](CO)[C@H](O)[C@H](O)[C@H]4O)nn3)[C@H]([C@H](O)[C@H](O)CO)O2)[C@H](O)[C@H](O)[C@H]1O. The molecule has 24 nitrogen and oxygen atoms in total. The quantitative estimate of drug-likeness (QED) is 0.0694. The Morgan fingerprint density at radius 3 is 2.21 bits per heavy atom. The second-order valence-electron chi connectivity index (χ2n) is 12.5. The van der Waals surface area contributed by atoms with Crippen LogP contribution in [-0.2, 0) is 51.2 Å². The molecule has 13 N–H and O–H groups in total. The number of carbonyl (C=O) groups is 2. The summed E-state index contributed by atoms with van der Waals surface area (Å²) < 4.78 is 33.2. The predicted octanol–water partition coefficient (Wildman–Crippen LogP) is -8.80. The number of aromatic nitrogens is 3. The molecule has 0 unspecified atom stereocenters. The average Bonchev–Trinajstić information content (AvgIpc) is 3.58. The topological polar surface area (TPSA) is 375 Å². The van der Waals surface area contributed by atoms with Crippen LogP contribution in [0.2, 0.25) is 0 Å². The molecule has 1 aromatic heterocycles. The summed E-state index contributed by atoms with van der Waals surface area (Å²) >= 11 is 0. The summed E-state index contributed by atoms with van der Waals surface area (Å²) in [5, 5.41) is 132. The maximum Gasteiger partial charge on any atom is 0.364 e. The van der Waals surface area contributed by atoms with Crippen molar-refractivity contribution < 1.29 is 99.3 Å². The Morgan fingerprint density at radius 2 is 1.60 bits per heavy atom. The van der Waals surface area contributed by atoms with Gasteiger partial charge in [0.2, 0.25) is 5.91 Å². The van der Waals surface area contributed by atoms with Crippen molar-refractivity contribution in [1.29, 1.82) is 0 Å². The van der Waals surface area contributed by atoms with Gasteiger partial charge in [-0.15, -0.1) is 11.5 Å². The lowest BCUT2D eigenvalue weighted by Crippen LogP contribution is -2.68. The molecule has 3 fully saturated rings. The smallest absolute Gasteiger partial charge is 0.364 e. The van der Waals surface area contributed by atoms with E-state index in [1.54, 1.807) is 0 Å². The molecule has 0 spiro atoms. The van der Waals surface area contributed by atoms with Crippen LogP contribution in [0.1, 0.15) is 12.1 Å². The maximum atomic E-state index is 13.1. The summed E-state index contributed by atoms with van der Waals surface area (Å²) in [5.74, 6) is -3.51. The Bertz CT molecular complexity index is 1400. The fourth-order valence-corrected chi connectivity index (χ4v) is 5.81. The molecular weight excluding hydrogens is 724 g/mol. The van der Waals surface area contributed by atoms with Crippen LogP contribution in [0, 0.1) is 12.3 Å². The number of amides is 1. The Hall–Kier alpha value is -3.04. The normalized spacial score (nSPS) is 38.8. The molecule has 0 aliphatic carbocycles. The highest BCUT2D eigenvalue weighted by molar-refractivity contribution is 5.77. The lowest BCUT2D eigenvalue weighted by atomic mass is 9.88. The van der Waals surface area contributed by atoms with Gasteiger partial charge in [0.05, 0.1) is 44.8 Å². The van der Waals surface area contributed by atoms with Crippen molar-refractivity contribution in [3.63, 3.8) is 0 Å². The predicted molar refractivity (Wildman–Crippen MR) is 163 cm³/mol. The Labute approximate surface area is 299 Å². The van der Waals surface area contributed by atoms with Crippen LogP contribution in [0.25, 0.3) is 0 Å². The van der Waals surface area contributed by atoms with E-state index in [9.17, 15) is 70.9 Å². The van der Waals surface area contributed by atoms with Crippen LogP contribution >= 0.6 is 0 Å². The van der Waals surface area contributed by atoms with Crippen LogP contribution in [-0.4, -0.2) is 212 Å². The van der Waals surface area contributed by atoms with E-state index in [0.29, 0.717) is 0 Å². The van der Waals surface area contributed by atoms with Gasteiger partial charge in [0.15, 0.2) is 12.6 Å². The van der Waals surface area contributed by atoms with E-state index in [4.69, 9.17) is 34.8 Å².